The summed E-state index contributed by atoms with van der Waals surface area (Å²) in [5.74, 6) is 0.983. The fourth-order valence-electron chi connectivity index (χ4n) is 4.35. The first-order valence-corrected chi connectivity index (χ1v) is 11.1. The lowest BCUT2D eigenvalue weighted by Gasteiger charge is -2.27. The van der Waals surface area contributed by atoms with Crippen LogP contribution in [-0.2, 0) is 4.74 Å². The third-order valence-corrected chi connectivity index (χ3v) is 6.17. The van der Waals surface area contributed by atoms with Crippen LogP contribution in [-0.4, -0.2) is 88.9 Å². The highest BCUT2D eigenvalue weighted by molar-refractivity contribution is 14.0. The fraction of sp³-hybridized carbons (Fsp3) is 0.952. The molecule has 0 amide bonds. The number of nitrogens with one attached hydrogen (secondary N) is 2. The van der Waals surface area contributed by atoms with Crippen LogP contribution in [0.2, 0.25) is 0 Å². The number of methoxy groups -OCH3 is 1. The van der Waals surface area contributed by atoms with Gasteiger partial charge < -0.3 is 25.2 Å². The number of guanidine groups is 1. The molecule has 0 aromatic rings. The molecule has 0 bridgehead atoms. The molecule has 2 aliphatic rings. The highest BCUT2D eigenvalue weighted by Gasteiger charge is 2.33. The van der Waals surface area contributed by atoms with E-state index in [-0.39, 0.29) is 24.0 Å². The molecule has 7 heteroatoms. The Bertz CT molecular complexity index is 429. The maximum atomic E-state index is 5.35. The molecule has 0 aromatic heterocycles. The van der Waals surface area contributed by atoms with Crippen molar-refractivity contribution in [1.82, 2.24) is 20.4 Å². The average molecular weight is 510 g/mol. The fourth-order valence-corrected chi connectivity index (χ4v) is 4.35. The lowest BCUT2D eigenvalue weighted by atomic mass is 9.83. The Kier molecular flexibility index (Phi) is 13.7. The predicted molar refractivity (Wildman–Crippen MR) is 130 cm³/mol. The summed E-state index contributed by atoms with van der Waals surface area (Å²) in [4.78, 5) is 9.99. The van der Waals surface area contributed by atoms with Gasteiger partial charge >= 0.3 is 0 Å². The summed E-state index contributed by atoms with van der Waals surface area (Å²) in [7, 11) is 4.04. The summed E-state index contributed by atoms with van der Waals surface area (Å²) in [5, 5.41) is 6.97. The summed E-state index contributed by atoms with van der Waals surface area (Å²) in [6.07, 6.45) is 8.87. The zero-order valence-corrected chi connectivity index (χ0v) is 20.8. The second-order valence-electron chi connectivity index (χ2n) is 8.42. The minimum atomic E-state index is 0. The van der Waals surface area contributed by atoms with Gasteiger partial charge in [-0.15, -0.1) is 24.0 Å². The summed E-state index contributed by atoms with van der Waals surface area (Å²) >= 11 is 0. The Balaban J connectivity index is 0.00000392. The Morgan fingerprint density at radius 3 is 2.57 bits per heavy atom. The smallest absolute Gasteiger partial charge is 0.191 e. The number of ether oxygens (including phenoxy) is 1. The van der Waals surface area contributed by atoms with Crippen molar-refractivity contribution in [2.75, 3.05) is 73.1 Å². The Morgan fingerprint density at radius 1 is 1.07 bits per heavy atom. The standard InChI is InChI=1S/C21H43N5O.HI/c1-4-22-20(24-19-21(11-18-27-3)9-5-6-10-21)23-12-7-14-26-15-8-13-25(2)16-17-26;/h4-19H2,1-3H3,(H2,22,23,24);1H. The average Bonchev–Trinajstić information content (AvgIpc) is 3.04. The van der Waals surface area contributed by atoms with E-state index in [2.05, 4.69) is 34.4 Å². The number of hydrogen-bond donors (Lipinski definition) is 2. The molecule has 1 heterocycles. The molecule has 166 valence electrons. The quantitative estimate of drug-likeness (QED) is 0.205. The highest BCUT2D eigenvalue weighted by Crippen LogP contribution is 2.41. The Morgan fingerprint density at radius 2 is 1.86 bits per heavy atom. The van der Waals surface area contributed by atoms with Gasteiger partial charge in [-0.25, -0.2) is 0 Å². The van der Waals surface area contributed by atoms with Crippen LogP contribution in [0.15, 0.2) is 4.99 Å². The zero-order valence-electron chi connectivity index (χ0n) is 18.5. The van der Waals surface area contributed by atoms with Crippen molar-refractivity contribution in [1.29, 1.82) is 0 Å². The lowest BCUT2D eigenvalue weighted by Crippen LogP contribution is -2.40. The molecule has 1 saturated carbocycles. The Hall–Kier alpha value is -0.120. The van der Waals surface area contributed by atoms with Crippen molar-refractivity contribution >= 4 is 29.9 Å². The third-order valence-electron chi connectivity index (χ3n) is 6.17. The maximum Gasteiger partial charge on any atom is 0.191 e. The van der Waals surface area contributed by atoms with E-state index in [1.165, 1.54) is 71.2 Å². The molecule has 0 aromatic carbocycles. The van der Waals surface area contributed by atoms with Crippen LogP contribution in [0, 0.1) is 5.41 Å². The molecule has 0 spiro atoms. The van der Waals surface area contributed by atoms with Crippen LogP contribution in [0.4, 0.5) is 0 Å². The second-order valence-corrected chi connectivity index (χ2v) is 8.42. The molecule has 6 nitrogen and oxygen atoms in total. The summed E-state index contributed by atoms with van der Waals surface area (Å²) in [5.41, 5.74) is 0.358. The van der Waals surface area contributed by atoms with E-state index in [1.807, 2.05) is 0 Å². The van der Waals surface area contributed by atoms with E-state index in [1.54, 1.807) is 7.11 Å². The first kappa shape index (κ1) is 25.9. The van der Waals surface area contributed by atoms with Crippen LogP contribution in [0.25, 0.3) is 0 Å². The number of aliphatic imine (C=N–C) groups is 1. The van der Waals surface area contributed by atoms with Crippen LogP contribution in [0.1, 0.15) is 51.9 Å². The van der Waals surface area contributed by atoms with E-state index >= 15 is 0 Å². The normalized spacial score (nSPS) is 21.2. The largest absolute Gasteiger partial charge is 0.385 e. The molecule has 2 fully saturated rings. The number of hydrogen-bond acceptors (Lipinski definition) is 4. The van der Waals surface area contributed by atoms with Gasteiger partial charge in [0.25, 0.3) is 0 Å². The van der Waals surface area contributed by atoms with Gasteiger partial charge in [-0.2, -0.15) is 0 Å². The third kappa shape index (κ3) is 9.59. The molecule has 1 aliphatic carbocycles. The molecule has 28 heavy (non-hydrogen) atoms. The van der Waals surface area contributed by atoms with Crippen molar-refractivity contribution < 1.29 is 4.74 Å². The van der Waals surface area contributed by atoms with Gasteiger partial charge in [0.15, 0.2) is 5.96 Å². The van der Waals surface area contributed by atoms with E-state index in [0.717, 1.165) is 38.6 Å². The van der Waals surface area contributed by atoms with Crippen LogP contribution >= 0.6 is 24.0 Å². The zero-order chi connectivity index (χ0) is 19.4. The molecule has 1 aliphatic heterocycles. The van der Waals surface area contributed by atoms with Crippen molar-refractivity contribution in [3.63, 3.8) is 0 Å². The number of likely N-dealkylation sites (N-methyl/N-ethyl adjacent to an activating group) is 1. The topological polar surface area (TPSA) is 52.1 Å². The minimum absolute atomic E-state index is 0. The monoisotopic (exact) mass is 509 g/mol. The van der Waals surface area contributed by atoms with Gasteiger partial charge in [-0.3, -0.25) is 4.99 Å². The molecule has 0 radical (unpaired) electrons. The predicted octanol–water partition coefficient (Wildman–Crippen LogP) is 2.78. The lowest BCUT2D eigenvalue weighted by molar-refractivity contribution is 0.141. The maximum absolute atomic E-state index is 5.35. The summed E-state index contributed by atoms with van der Waals surface area (Å²) in [6, 6.07) is 0. The molecule has 2 N–H and O–H groups in total. The van der Waals surface area contributed by atoms with Crippen molar-refractivity contribution in [2.45, 2.75) is 51.9 Å². The van der Waals surface area contributed by atoms with E-state index in [9.17, 15) is 0 Å². The minimum Gasteiger partial charge on any atom is -0.385 e. The van der Waals surface area contributed by atoms with Gasteiger partial charge in [0.2, 0.25) is 0 Å². The van der Waals surface area contributed by atoms with Gasteiger partial charge in [0.1, 0.15) is 0 Å². The van der Waals surface area contributed by atoms with Crippen LogP contribution in [0.3, 0.4) is 0 Å². The number of rotatable bonds is 10. The number of halogens is 1. The van der Waals surface area contributed by atoms with Gasteiger partial charge in [0, 0.05) is 46.4 Å². The van der Waals surface area contributed by atoms with E-state index in [4.69, 9.17) is 9.73 Å². The second kappa shape index (κ2) is 14.8. The van der Waals surface area contributed by atoms with Crippen molar-refractivity contribution in [3.8, 4) is 0 Å². The van der Waals surface area contributed by atoms with Crippen LogP contribution in [0.5, 0.6) is 0 Å². The van der Waals surface area contributed by atoms with Crippen LogP contribution < -0.4 is 10.6 Å². The van der Waals surface area contributed by atoms with Crippen molar-refractivity contribution in [3.05, 3.63) is 0 Å². The van der Waals surface area contributed by atoms with Crippen molar-refractivity contribution in [2.24, 2.45) is 10.4 Å². The van der Waals surface area contributed by atoms with E-state index in [0.29, 0.717) is 5.41 Å². The highest BCUT2D eigenvalue weighted by atomic mass is 127. The molecule has 2 rings (SSSR count). The van der Waals surface area contributed by atoms with Gasteiger partial charge in [-0.05, 0) is 71.1 Å². The van der Waals surface area contributed by atoms with E-state index < -0.39 is 0 Å². The molecule has 1 saturated heterocycles. The SMILES string of the molecule is CCNC(=NCC1(CCOC)CCCC1)NCCCN1CCCN(C)CC1.I. The summed E-state index contributed by atoms with van der Waals surface area (Å²) < 4.78 is 5.35. The first-order valence-electron chi connectivity index (χ1n) is 11.1. The first-order chi connectivity index (χ1) is 13.2. The number of nitrogens with zero attached hydrogens (tertiary/aromatic N) is 3. The molecule has 0 atom stereocenters. The van der Waals surface area contributed by atoms with Gasteiger partial charge in [0.05, 0.1) is 0 Å². The Labute approximate surface area is 190 Å². The summed E-state index contributed by atoms with van der Waals surface area (Å²) in [6.45, 7) is 11.9. The van der Waals surface area contributed by atoms with Gasteiger partial charge in [-0.1, -0.05) is 12.8 Å². The molecular weight excluding hydrogens is 465 g/mol. The molecule has 0 unspecified atom stereocenters. The molecular formula is C21H44IN5O.